The van der Waals surface area contributed by atoms with Gasteiger partial charge in [0.1, 0.15) is 24.6 Å². The van der Waals surface area contributed by atoms with Crippen molar-refractivity contribution in [3.8, 4) is 16.9 Å². The Bertz CT molecular complexity index is 1500. The van der Waals surface area contributed by atoms with Crippen LogP contribution in [0.5, 0.6) is 5.75 Å². The van der Waals surface area contributed by atoms with E-state index < -0.39 is 11.9 Å². The smallest absolute Gasteiger partial charge is 0.302 e. The van der Waals surface area contributed by atoms with Crippen LogP contribution in [0.1, 0.15) is 32.5 Å². The summed E-state index contributed by atoms with van der Waals surface area (Å²) in [6.45, 7) is 2.16. The molecule has 2 heterocycles. The van der Waals surface area contributed by atoms with Crippen LogP contribution in [0.4, 0.5) is 10.1 Å². The van der Waals surface area contributed by atoms with Crippen molar-refractivity contribution in [3.05, 3.63) is 83.3 Å². The summed E-state index contributed by atoms with van der Waals surface area (Å²) in [6, 6.07) is 14.3. The van der Waals surface area contributed by atoms with E-state index >= 15 is 4.39 Å². The van der Waals surface area contributed by atoms with Crippen molar-refractivity contribution >= 4 is 22.6 Å². The molecule has 0 amide bonds. The van der Waals surface area contributed by atoms with Gasteiger partial charge in [-0.05, 0) is 35.4 Å². The van der Waals surface area contributed by atoms with Crippen molar-refractivity contribution in [1.29, 1.82) is 0 Å². The summed E-state index contributed by atoms with van der Waals surface area (Å²) in [5.74, 6) is -0.115. The van der Waals surface area contributed by atoms with Crippen LogP contribution in [0, 0.1) is 5.82 Å². The van der Waals surface area contributed by atoms with E-state index in [1.54, 1.807) is 30.3 Å². The number of hydrogen-bond acceptors (Lipinski definition) is 6. The molecule has 6 nitrogen and oxygen atoms in total. The number of carbonyl (C=O) groups is 1. The Morgan fingerprint density at radius 1 is 1.23 bits per heavy atom. The van der Waals surface area contributed by atoms with Gasteiger partial charge in [-0.1, -0.05) is 30.3 Å². The highest BCUT2D eigenvalue weighted by molar-refractivity contribution is 5.93. The fourth-order valence-corrected chi connectivity index (χ4v) is 4.53. The van der Waals surface area contributed by atoms with Gasteiger partial charge < -0.3 is 24.5 Å². The minimum Gasteiger partial charge on any atom is -0.481 e. The molecule has 0 aliphatic carbocycles. The fourth-order valence-electron chi connectivity index (χ4n) is 4.53. The molecule has 0 unspecified atom stereocenters. The van der Waals surface area contributed by atoms with Crippen LogP contribution in [-0.4, -0.2) is 26.2 Å². The van der Waals surface area contributed by atoms with Gasteiger partial charge in [-0.25, -0.2) is 4.39 Å². The van der Waals surface area contributed by atoms with Crippen molar-refractivity contribution in [3.63, 3.8) is 0 Å². The monoisotopic (exact) mass is 476 g/mol. The van der Waals surface area contributed by atoms with Crippen molar-refractivity contribution < 1.29 is 25.8 Å². The first-order valence-corrected chi connectivity index (χ1v) is 11.4. The highest BCUT2D eigenvalue weighted by atomic mass is 19.1. The standard InChI is InChI=1S/C28H27FN2O4/c1-17(32)33-11-9-18-5-4-8-24-28(18)35-25(16-31(24)2)21-13-19-10-12-34-27(19)23(14-21)22-7-3-6-20(15-30)26(22)29/h3-8,10,12-14,25H,9,11,15-16,30H2,1-2H3/t25-/m1/s1/i10D,12D. The Kier molecular flexibility index (Phi) is 5.53. The quantitative estimate of drug-likeness (QED) is 0.377. The number of esters is 1. The first-order chi connectivity index (χ1) is 17.8. The normalized spacial score (nSPS) is 15.9. The predicted octanol–water partition coefficient (Wildman–Crippen LogP) is 5.37. The Balaban J connectivity index is 1.61. The van der Waals surface area contributed by atoms with Crippen LogP contribution in [0.25, 0.3) is 22.1 Å². The van der Waals surface area contributed by atoms with Crippen molar-refractivity contribution in [2.24, 2.45) is 5.73 Å². The van der Waals surface area contributed by atoms with Gasteiger partial charge in [-0.15, -0.1) is 0 Å². The molecular weight excluding hydrogens is 447 g/mol. The third-order valence-corrected chi connectivity index (χ3v) is 6.27. The maximum absolute atomic E-state index is 15.4. The highest BCUT2D eigenvalue weighted by Gasteiger charge is 2.28. The summed E-state index contributed by atoms with van der Waals surface area (Å²) < 4.78 is 49.1. The number of para-hydroxylation sites is 1. The molecule has 0 saturated heterocycles. The second-order valence-electron chi connectivity index (χ2n) is 8.60. The first-order valence-electron chi connectivity index (χ1n) is 12.4. The van der Waals surface area contributed by atoms with Crippen LogP contribution >= 0.6 is 0 Å². The predicted molar refractivity (Wildman–Crippen MR) is 133 cm³/mol. The molecule has 0 spiro atoms. The van der Waals surface area contributed by atoms with Crippen LogP contribution in [0.15, 0.2) is 65.2 Å². The maximum atomic E-state index is 15.4. The second kappa shape index (κ2) is 9.43. The van der Waals surface area contributed by atoms with Gasteiger partial charge in [-0.2, -0.15) is 0 Å². The molecule has 1 aromatic heterocycles. The SMILES string of the molecule is [2H]c1oc2c(-c3cccc(CN)c3F)cc([C@H]3CN(C)c4cccc(CCOC(C)=O)c4O3)cc2c1[2H]. The van der Waals surface area contributed by atoms with E-state index in [4.69, 9.17) is 22.4 Å². The molecule has 0 radical (unpaired) electrons. The lowest BCUT2D eigenvalue weighted by molar-refractivity contribution is -0.140. The number of likely N-dealkylation sites (N-methyl/N-ethyl adjacent to an activating group) is 1. The zero-order valence-electron chi connectivity index (χ0n) is 21.6. The lowest BCUT2D eigenvalue weighted by Gasteiger charge is -2.35. The van der Waals surface area contributed by atoms with Gasteiger partial charge in [0.25, 0.3) is 0 Å². The van der Waals surface area contributed by atoms with E-state index in [9.17, 15) is 4.79 Å². The third kappa shape index (κ3) is 4.35. The summed E-state index contributed by atoms with van der Waals surface area (Å²) in [4.78, 5) is 13.3. The van der Waals surface area contributed by atoms with E-state index in [0.29, 0.717) is 35.2 Å². The summed E-state index contributed by atoms with van der Waals surface area (Å²) in [5.41, 5.74) is 9.63. The first kappa shape index (κ1) is 20.5. The van der Waals surface area contributed by atoms with E-state index in [2.05, 4.69) is 4.90 Å². The van der Waals surface area contributed by atoms with Crippen LogP contribution in [0.3, 0.4) is 0 Å². The van der Waals surface area contributed by atoms with Crippen LogP contribution in [-0.2, 0) is 22.5 Å². The Labute approximate surface area is 205 Å². The van der Waals surface area contributed by atoms with Gasteiger partial charge in [0, 0.05) is 49.0 Å². The minimum absolute atomic E-state index is 0.0392. The van der Waals surface area contributed by atoms with Gasteiger partial charge in [0.2, 0.25) is 0 Å². The number of benzene rings is 3. The van der Waals surface area contributed by atoms with Gasteiger partial charge in [0.15, 0.2) is 0 Å². The van der Waals surface area contributed by atoms with Crippen molar-refractivity contribution in [2.75, 3.05) is 25.1 Å². The Morgan fingerprint density at radius 3 is 2.83 bits per heavy atom. The summed E-state index contributed by atoms with van der Waals surface area (Å²) in [7, 11) is 1.96. The number of hydrogen-bond donors (Lipinski definition) is 1. The zero-order chi connectivity index (χ0) is 26.3. The maximum Gasteiger partial charge on any atom is 0.302 e. The van der Waals surface area contributed by atoms with Crippen LogP contribution < -0.4 is 15.4 Å². The number of halogens is 1. The molecule has 1 atom stereocenters. The Hall–Kier alpha value is -3.84. The highest BCUT2D eigenvalue weighted by Crippen LogP contribution is 2.42. The fraction of sp³-hybridized carbons (Fsp3) is 0.250. The van der Waals surface area contributed by atoms with Gasteiger partial charge in [-0.3, -0.25) is 4.79 Å². The lowest BCUT2D eigenvalue weighted by atomic mass is 9.95. The summed E-state index contributed by atoms with van der Waals surface area (Å²) >= 11 is 0. The molecule has 1 aliphatic rings. The van der Waals surface area contributed by atoms with E-state index in [-0.39, 0.29) is 42.5 Å². The lowest BCUT2D eigenvalue weighted by Crippen LogP contribution is -2.32. The molecule has 5 rings (SSSR count). The average molecular weight is 477 g/mol. The Morgan fingerprint density at radius 2 is 2.03 bits per heavy atom. The second-order valence-corrected chi connectivity index (χ2v) is 8.60. The number of anilines is 1. The van der Waals surface area contributed by atoms with Crippen molar-refractivity contribution in [2.45, 2.75) is 26.0 Å². The number of carbonyl (C=O) groups excluding carboxylic acids is 1. The summed E-state index contributed by atoms with van der Waals surface area (Å²) in [5, 5.41) is 0.412. The molecule has 3 aromatic carbocycles. The average Bonchev–Trinajstić information content (AvgIpc) is 3.17. The van der Waals surface area contributed by atoms with E-state index in [1.807, 2.05) is 25.2 Å². The molecular formula is C28H27FN2O4. The number of nitrogens with two attached hydrogens (primary N) is 1. The number of furan rings is 1. The van der Waals surface area contributed by atoms with Gasteiger partial charge >= 0.3 is 5.97 Å². The number of nitrogens with zero attached hydrogens (tertiary/aromatic N) is 1. The third-order valence-electron chi connectivity index (χ3n) is 6.27. The zero-order valence-corrected chi connectivity index (χ0v) is 19.6. The van der Waals surface area contributed by atoms with Gasteiger partial charge in [0.05, 0.1) is 26.4 Å². The molecule has 7 heteroatoms. The topological polar surface area (TPSA) is 77.9 Å². The minimum atomic E-state index is -0.460. The summed E-state index contributed by atoms with van der Waals surface area (Å²) in [6.07, 6.45) is -0.241. The van der Waals surface area contributed by atoms with E-state index in [1.165, 1.54) is 6.92 Å². The molecule has 0 bridgehead atoms. The number of ether oxygens (including phenoxy) is 2. The van der Waals surface area contributed by atoms with E-state index in [0.717, 1.165) is 16.8 Å². The molecule has 4 aromatic rings. The van der Waals surface area contributed by atoms with Crippen molar-refractivity contribution in [1.82, 2.24) is 0 Å². The molecule has 0 saturated carbocycles. The van der Waals surface area contributed by atoms with Crippen LogP contribution in [0.2, 0.25) is 0 Å². The molecule has 35 heavy (non-hydrogen) atoms. The molecule has 2 N–H and O–H groups in total. The molecule has 180 valence electrons. The number of rotatable bonds is 6. The molecule has 1 aliphatic heterocycles. The largest absolute Gasteiger partial charge is 0.481 e. The number of fused-ring (bicyclic) bond motifs is 2. The molecule has 0 fully saturated rings.